The molecule has 0 saturated carbocycles. The highest BCUT2D eigenvalue weighted by molar-refractivity contribution is 6.42. The molecule has 0 aromatic heterocycles. The Labute approximate surface area is 85.5 Å². The van der Waals surface area contributed by atoms with Crippen LogP contribution < -0.4 is 0 Å². The fourth-order valence-corrected chi connectivity index (χ4v) is 1.24. The smallest absolute Gasteiger partial charge is 0.165 e. The van der Waals surface area contributed by atoms with Gasteiger partial charge in [0.1, 0.15) is 5.82 Å². The number of halogens is 3. The van der Waals surface area contributed by atoms with Gasteiger partial charge in [0, 0.05) is 6.42 Å². The molecule has 0 N–H and O–H groups in total. The molecule has 0 aliphatic rings. The molecule has 1 rings (SSSR count). The van der Waals surface area contributed by atoms with E-state index in [1.165, 1.54) is 6.07 Å². The SMILES string of the molecule is CCC(=O)c1cc(Cl)c(Cl)cc1F. The molecule has 0 fully saturated rings. The molecule has 13 heavy (non-hydrogen) atoms. The van der Waals surface area contributed by atoms with E-state index in [2.05, 4.69) is 0 Å². The summed E-state index contributed by atoms with van der Waals surface area (Å²) in [5.41, 5.74) is -0.00287. The Bertz CT molecular complexity index is 350. The van der Waals surface area contributed by atoms with E-state index in [0.717, 1.165) is 6.07 Å². The van der Waals surface area contributed by atoms with Gasteiger partial charge < -0.3 is 0 Å². The molecule has 1 aromatic carbocycles. The van der Waals surface area contributed by atoms with Gasteiger partial charge in [0.2, 0.25) is 0 Å². The predicted molar refractivity (Wildman–Crippen MR) is 51.0 cm³/mol. The van der Waals surface area contributed by atoms with E-state index in [0.29, 0.717) is 0 Å². The van der Waals surface area contributed by atoms with Gasteiger partial charge in [-0.05, 0) is 12.1 Å². The molecule has 70 valence electrons. The maximum atomic E-state index is 13.1. The van der Waals surface area contributed by atoms with Crippen LogP contribution in [0.4, 0.5) is 4.39 Å². The summed E-state index contributed by atoms with van der Waals surface area (Å²) in [6.45, 7) is 1.66. The summed E-state index contributed by atoms with van der Waals surface area (Å²) in [5.74, 6) is -0.905. The lowest BCUT2D eigenvalue weighted by Gasteiger charge is -2.02. The summed E-state index contributed by atoms with van der Waals surface area (Å²) in [5, 5.41) is 0.312. The van der Waals surface area contributed by atoms with Crippen LogP contribution in [0.3, 0.4) is 0 Å². The second kappa shape index (κ2) is 4.07. The van der Waals surface area contributed by atoms with Crippen molar-refractivity contribution in [3.05, 3.63) is 33.6 Å². The van der Waals surface area contributed by atoms with Crippen LogP contribution in [0.5, 0.6) is 0 Å². The molecule has 0 saturated heterocycles. The highest BCUT2D eigenvalue weighted by Crippen LogP contribution is 2.25. The summed E-state index contributed by atoms with van der Waals surface area (Å²) in [4.78, 5) is 11.2. The van der Waals surface area contributed by atoms with Gasteiger partial charge in [-0.15, -0.1) is 0 Å². The third-order valence-corrected chi connectivity index (χ3v) is 2.35. The molecule has 0 unspecified atom stereocenters. The minimum Gasteiger partial charge on any atom is -0.294 e. The number of carbonyl (C=O) groups is 1. The number of carbonyl (C=O) groups excluding carboxylic acids is 1. The standard InChI is InChI=1S/C9H7Cl2FO/c1-2-9(13)5-3-6(10)7(11)4-8(5)12/h3-4H,2H2,1H3. The van der Waals surface area contributed by atoms with E-state index in [1.807, 2.05) is 0 Å². The van der Waals surface area contributed by atoms with E-state index in [9.17, 15) is 9.18 Å². The van der Waals surface area contributed by atoms with Gasteiger partial charge in [-0.1, -0.05) is 30.1 Å². The van der Waals surface area contributed by atoms with Crippen molar-refractivity contribution in [2.24, 2.45) is 0 Å². The van der Waals surface area contributed by atoms with E-state index in [-0.39, 0.29) is 27.8 Å². The number of Topliss-reactive ketones (excluding diaryl/α,β-unsaturated/α-hetero) is 1. The third kappa shape index (κ3) is 2.20. The Morgan fingerprint density at radius 1 is 1.38 bits per heavy atom. The summed E-state index contributed by atoms with van der Waals surface area (Å²) in [6.07, 6.45) is 0.245. The summed E-state index contributed by atoms with van der Waals surface area (Å²) in [7, 11) is 0. The first-order chi connectivity index (χ1) is 6.06. The second-order valence-electron chi connectivity index (χ2n) is 2.52. The largest absolute Gasteiger partial charge is 0.294 e. The summed E-state index contributed by atoms with van der Waals surface area (Å²) in [6, 6.07) is 2.30. The monoisotopic (exact) mass is 220 g/mol. The Balaban J connectivity index is 3.23. The number of ketones is 1. The molecular formula is C9H7Cl2FO. The maximum absolute atomic E-state index is 13.1. The van der Waals surface area contributed by atoms with Crippen molar-refractivity contribution in [3.8, 4) is 0 Å². The molecule has 0 atom stereocenters. The molecule has 0 radical (unpaired) electrons. The van der Waals surface area contributed by atoms with Crippen molar-refractivity contribution in [2.45, 2.75) is 13.3 Å². The van der Waals surface area contributed by atoms with Crippen LogP contribution in [-0.4, -0.2) is 5.78 Å². The first kappa shape index (κ1) is 10.5. The van der Waals surface area contributed by atoms with Gasteiger partial charge in [-0.25, -0.2) is 4.39 Å². The van der Waals surface area contributed by atoms with Crippen LogP contribution >= 0.6 is 23.2 Å². The predicted octanol–water partition coefficient (Wildman–Crippen LogP) is 3.73. The lowest BCUT2D eigenvalue weighted by atomic mass is 10.1. The molecule has 0 spiro atoms. The molecule has 0 amide bonds. The highest BCUT2D eigenvalue weighted by Gasteiger charge is 2.12. The summed E-state index contributed by atoms with van der Waals surface area (Å²) < 4.78 is 13.1. The van der Waals surface area contributed by atoms with Gasteiger partial charge in [-0.2, -0.15) is 0 Å². The minimum absolute atomic E-state index is 0.00287. The van der Waals surface area contributed by atoms with Crippen molar-refractivity contribution in [1.29, 1.82) is 0 Å². The number of rotatable bonds is 2. The average Bonchev–Trinajstić information content (AvgIpc) is 2.10. The van der Waals surface area contributed by atoms with Crippen molar-refractivity contribution in [2.75, 3.05) is 0 Å². The zero-order valence-electron chi connectivity index (χ0n) is 6.90. The second-order valence-corrected chi connectivity index (χ2v) is 3.34. The number of hydrogen-bond donors (Lipinski definition) is 0. The van der Waals surface area contributed by atoms with Crippen molar-refractivity contribution < 1.29 is 9.18 Å². The van der Waals surface area contributed by atoms with Crippen LogP contribution in [0.2, 0.25) is 10.0 Å². The topological polar surface area (TPSA) is 17.1 Å². The Morgan fingerprint density at radius 2 is 1.92 bits per heavy atom. The zero-order valence-corrected chi connectivity index (χ0v) is 8.42. The first-order valence-electron chi connectivity index (χ1n) is 3.74. The fourth-order valence-electron chi connectivity index (χ4n) is 0.927. The fraction of sp³-hybridized carbons (Fsp3) is 0.222. The molecule has 0 aliphatic carbocycles. The van der Waals surface area contributed by atoms with E-state index < -0.39 is 5.82 Å². The van der Waals surface area contributed by atoms with Crippen molar-refractivity contribution >= 4 is 29.0 Å². The Morgan fingerprint density at radius 3 is 2.46 bits per heavy atom. The lowest BCUT2D eigenvalue weighted by molar-refractivity contribution is 0.0984. The molecule has 1 nitrogen and oxygen atoms in total. The molecule has 1 aromatic rings. The quantitative estimate of drug-likeness (QED) is 0.549. The first-order valence-corrected chi connectivity index (χ1v) is 4.49. The molecule has 0 bridgehead atoms. The average molecular weight is 221 g/mol. The van der Waals surface area contributed by atoms with Gasteiger partial charge >= 0.3 is 0 Å². The maximum Gasteiger partial charge on any atom is 0.165 e. The molecule has 0 heterocycles. The Hall–Kier alpha value is -0.600. The normalized spacial score (nSPS) is 10.2. The number of hydrogen-bond acceptors (Lipinski definition) is 1. The molecule has 4 heteroatoms. The minimum atomic E-state index is -0.624. The van der Waals surface area contributed by atoms with Crippen molar-refractivity contribution in [1.82, 2.24) is 0 Å². The van der Waals surface area contributed by atoms with Gasteiger partial charge in [0.05, 0.1) is 15.6 Å². The van der Waals surface area contributed by atoms with Crippen LogP contribution in [0, 0.1) is 5.82 Å². The van der Waals surface area contributed by atoms with Crippen LogP contribution in [0.25, 0.3) is 0 Å². The zero-order chi connectivity index (χ0) is 10.0. The summed E-state index contributed by atoms with van der Waals surface area (Å²) >= 11 is 11.2. The van der Waals surface area contributed by atoms with E-state index >= 15 is 0 Å². The van der Waals surface area contributed by atoms with Crippen LogP contribution in [-0.2, 0) is 0 Å². The van der Waals surface area contributed by atoms with Crippen molar-refractivity contribution in [3.63, 3.8) is 0 Å². The highest BCUT2D eigenvalue weighted by atomic mass is 35.5. The molecular weight excluding hydrogens is 214 g/mol. The van der Waals surface area contributed by atoms with Crippen LogP contribution in [0.1, 0.15) is 23.7 Å². The van der Waals surface area contributed by atoms with Gasteiger partial charge in [-0.3, -0.25) is 4.79 Å². The van der Waals surface area contributed by atoms with E-state index in [1.54, 1.807) is 6.92 Å². The van der Waals surface area contributed by atoms with Crippen LogP contribution in [0.15, 0.2) is 12.1 Å². The lowest BCUT2D eigenvalue weighted by Crippen LogP contribution is -2.00. The Kier molecular flexibility index (Phi) is 3.28. The van der Waals surface area contributed by atoms with Gasteiger partial charge in [0.25, 0.3) is 0 Å². The van der Waals surface area contributed by atoms with Gasteiger partial charge in [0.15, 0.2) is 5.78 Å². The third-order valence-electron chi connectivity index (χ3n) is 1.63. The molecule has 0 aliphatic heterocycles. The number of benzene rings is 1. The van der Waals surface area contributed by atoms with E-state index in [4.69, 9.17) is 23.2 Å².